The molecule has 0 amide bonds. The number of nitrogens with zero attached hydrogens (tertiary/aromatic N) is 2. The molecule has 0 spiro atoms. The highest BCUT2D eigenvalue weighted by molar-refractivity contribution is 6.30. The minimum absolute atomic E-state index is 0.0135. The van der Waals surface area contributed by atoms with E-state index >= 15 is 0 Å². The number of guanidine groups is 1. The predicted octanol–water partition coefficient (Wildman–Crippen LogP) is 3.22. The van der Waals surface area contributed by atoms with Crippen LogP contribution in [0.4, 0.5) is 5.69 Å². The van der Waals surface area contributed by atoms with Crippen molar-refractivity contribution in [3.05, 3.63) is 59.1 Å². The molecule has 0 radical (unpaired) electrons. The Labute approximate surface area is 128 Å². The van der Waals surface area contributed by atoms with Crippen molar-refractivity contribution < 1.29 is 4.74 Å². The number of ether oxygens (including phenoxy) is 1. The Morgan fingerprint density at radius 3 is 2.81 bits per heavy atom. The molecule has 1 unspecified atom stereocenters. The smallest absolute Gasteiger partial charge is 0.196 e. The number of hydrogen-bond donors (Lipinski definition) is 1. The molecule has 0 fully saturated rings. The van der Waals surface area contributed by atoms with Gasteiger partial charge in [0.05, 0.1) is 19.7 Å². The quantitative estimate of drug-likeness (QED) is 0.947. The van der Waals surface area contributed by atoms with Gasteiger partial charge in [-0.2, -0.15) is 0 Å². The number of hydrogen-bond acceptors (Lipinski definition) is 4. The Balaban J connectivity index is 2.03. The second-order valence-corrected chi connectivity index (χ2v) is 5.24. The Kier molecular flexibility index (Phi) is 3.71. The molecule has 0 saturated carbocycles. The third-order valence-electron chi connectivity index (χ3n) is 3.57. The summed E-state index contributed by atoms with van der Waals surface area (Å²) in [6, 6.07) is 15.5. The van der Waals surface area contributed by atoms with Crippen LogP contribution in [0.2, 0.25) is 5.02 Å². The zero-order valence-corrected chi connectivity index (χ0v) is 12.4. The maximum Gasteiger partial charge on any atom is 0.196 e. The lowest BCUT2D eigenvalue weighted by molar-refractivity contribution is 0.406. The number of rotatable bonds is 3. The van der Waals surface area contributed by atoms with Crippen LogP contribution in [0.3, 0.4) is 0 Å². The first-order valence-corrected chi connectivity index (χ1v) is 7.06. The van der Waals surface area contributed by atoms with Crippen LogP contribution in [-0.4, -0.2) is 19.6 Å². The van der Waals surface area contributed by atoms with Crippen LogP contribution in [0, 0.1) is 0 Å². The molecule has 2 aromatic rings. The zero-order chi connectivity index (χ0) is 14.8. The first-order valence-electron chi connectivity index (χ1n) is 6.68. The largest absolute Gasteiger partial charge is 0.496 e. The third-order valence-corrected chi connectivity index (χ3v) is 3.80. The molecule has 108 valence electrons. The standard InChI is InChI=1S/C16H16ClN3O/c1-21-15-8-3-2-7-13(15)14-10-19-16(18)20(14)12-6-4-5-11(17)9-12/h2-9,14H,10H2,1H3,(H2,18,19). The number of benzene rings is 2. The van der Waals surface area contributed by atoms with Crippen LogP contribution in [0.5, 0.6) is 5.75 Å². The van der Waals surface area contributed by atoms with Gasteiger partial charge in [-0.3, -0.25) is 4.99 Å². The Morgan fingerprint density at radius 2 is 2.05 bits per heavy atom. The van der Waals surface area contributed by atoms with E-state index in [4.69, 9.17) is 22.1 Å². The van der Waals surface area contributed by atoms with E-state index in [9.17, 15) is 0 Å². The summed E-state index contributed by atoms with van der Waals surface area (Å²) in [5.74, 6) is 1.33. The summed E-state index contributed by atoms with van der Waals surface area (Å²) in [5, 5.41) is 0.672. The number of halogens is 1. The normalized spacial score (nSPS) is 17.7. The fourth-order valence-corrected chi connectivity index (χ4v) is 2.80. The van der Waals surface area contributed by atoms with E-state index in [0.717, 1.165) is 17.0 Å². The predicted molar refractivity (Wildman–Crippen MR) is 86.2 cm³/mol. The van der Waals surface area contributed by atoms with Gasteiger partial charge in [-0.15, -0.1) is 0 Å². The second-order valence-electron chi connectivity index (χ2n) is 4.81. The third kappa shape index (κ3) is 2.54. The summed E-state index contributed by atoms with van der Waals surface area (Å²) < 4.78 is 5.46. The van der Waals surface area contributed by atoms with Crippen molar-refractivity contribution in [2.75, 3.05) is 18.6 Å². The average Bonchev–Trinajstić information content (AvgIpc) is 2.88. The lowest BCUT2D eigenvalue weighted by Gasteiger charge is -2.27. The molecule has 1 atom stereocenters. The first kappa shape index (κ1) is 13.8. The van der Waals surface area contributed by atoms with E-state index in [1.807, 2.05) is 53.4 Å². The van der Waals surface area contributed by atoms with Crippen LogP contribution in [-0.2, 0) is 0 Å². The first-order chi connectivity index (χ1) is 10.2. The molecule has 0 aliphatic carbocycles. The number of para-hydroxylation sites is 1. The number of methoxy groups -OCH3 is 1. The summed E-state index contributed by atoms with van der Waals surface area (Å²) in [6.07, 6.45) is 0. The molecule has 1 heterocycles. The highest BCUT2D eigenvalue weighted by Gasteiger charge is 2.30. The van der Waals surface area contributed by atoms with Crippen molar-refractivity contribution in [1.29, 1.82) is 0 Å². The SMILES string of the molecule is COc1ccccc1C1CN=C(N)N1c1cccc(Cl)c1. The van der Waals surface area contributed by atoms with Crippen LogP contribution >= 0.6 is 11.6 Å². The van der Waals surface area contributed by atoms with Crippen molar-refractivity contribution in [3.63, 3.8) is 0 Å². The summed E-state index contributed by atoms with van der Waals surface area (Å²) in [7, 11) is 1.67. The second kappa shape index (κ2) is 5.66. The lowest BCUT2D eigenvalue weighted by Crippen LogP contribution is -2.36. The van der Waals surface area contributed by atoms with Gasteiger partial charge in [0.25, 0.3) is 0 Å². The maximum absolute atomic E-state index is 6.09. The van der Waals surface area contributed by atoms with Crippen molar-refractivity contribution in [3.8, 4) is 5.75 Å². The molecule has 2 aromatic carbocycles. The van der Waals surface area contributed by atoms with Gasteiger partial charge in [0.2, 0.25) is 0 Å². The fourth-order valence-electron chi connectivity index (χ4n) is 2.61. The van der Waals surface area contributed by atoms with Gasteiger partial charge in [-0.1, -0.05) is 35.9 Å². The summed E-state index contributed by atoms with van der Waals surface area (Å²) in [5.41, 5.74) is 8.06. The van der Waals surface area contributed by atoms with Crippen molar-refractivity contribution in [1.82, 2.24) is 0 Å². The molecule has 1 aliphatic heterocycles. The van der Waals surface area contributed by atoms with Crippen molar-refractivity contribution in [2.24, 2.45) is 10.7 Å². The van der Waals surface area contributed by atoms with Crippen molar-refractivity contribution >= 4 is 23.2 Å². The Bertz CT molecular complexity index is 687. The van der Waals surface area contributed by atoms with Gasteiger partial charge in [0, 0.05) is 16.3 Å². The molecule has 3 rings (SSSR count). The fraction of sp³-hybridized carbons (Fsp3) is 0.188. The van der Waals surface area contributed by atoms with Crippen molar-refractivity contribution in [2.45, 2.75) is 6.04 Å². The topological polar surface area (TPSA) is 50.9 Å². The van der Waals surface area contributed by atoms with E-state index in [1.165, 1.54) is 0 Å². The number of anilines is 1. The van der Waals surface area contributed by atoms with E-state index in [0.29, 0.717) is 17.5 Å². The Morgan fingerprint density at radius 1 is 1.24 bits per heavy atom. The minimum atomic E-state index is 0.0135. The molecular formula is C16H16ClN3O. The van der Waals surface area contributed by atoms with Crippen LogP contribution in [0.25, 0.3) is 0 Å². The van der Waals surface area contributed by atoms with Crippen LogP contribution in [0.15, 0.2) is 53.5 Å². The van der Waals surface area contributed by atoms with E-state index in [2.05, 4.69) is 4.99 Å². The molecule has 4 nitrogen and oxygen atoms in total. The summed E-state index contributed by atoms with van der Waals surface area (Å²) >= 11 is 6.09. The summed E-state index contributed by atoms with van der Waals surface area (Å²) in [4.78, 5) is 6.37. The number of nitrogens with two attached hydrogens (primary N) is 1. The van der Waals surface area contributed by atoms with E-state index < -0.39 is 0 Å². The van der Waals surface area contributed by atoms with E-state index in [1.54, 1.807) is 7.11 Å². The monoisotopic (exact) mass is 301 g/mol. The van der Waals surface area contributed by atoms with Gasteiger partial charge >= 0.3 is 0 Å². The van der Waals surface area contributed by atoms with Gasteiger partial charge in [-0.05, 0) is 24.3 Å². The molecule has 21 heavy (non-hydrogen) atoms. The lowest BCUT2D eigenvalue weighted by atomic mass is 10.0. The molecule has 2 N–H and O–H groups in total. The molecule has 5 heteroatoms. The average molecular weight is 302 g/mol. The maximum atomic E-state index is 6.09. The molecular weight excluding hydrogens is 286 g/mol. The molecule has 0 saturated heterocycles. The Hall–Kier alpha value is -2.20. The highest BCUT2D eigenvalue weighted by Crippen LogP contribution is 2.36. The van der Waals surface area contributed by atoms with Crippen LogP contribution in [0.1, 0.15) is 11.6 Å². The molecule has 0 bridgehead atoms. The molecule has 0 aromatic heterocycles. The van der Waals surface area contributed by atoms with E-state index in [-0.39, 0.29) is 6.04 Å². The number of aliphatic imine (C=N–C) groups is 1. The highest BCUT2D eigenvalue weighted by atomic mass is 35.5. The van der Waals surface area contributed by atoms with Crippen LogP contribution < -0.4 is 15.4 Å². The molecule has 1 aliphatic rings. The summed E-state index contributed by atoms with van der Waals surface area (Å²) in [6.45, 7) is 0.596. The van der Waals surface area contributed by atoms with Gasteiger partial charge in [0.15, 0.2) is 5.96 Å². The van der Waals surface area contributed by atoms with Gasteiger partial charge in [0.1, 0.15) is 5.75 Å². The van der Waals surface area contributed by atoms with Gasteiger partial charge in [-0.25, -0.2) is 0 Å². The zero-order valence-electron chi connectivity index (χ0n) is 11.7. The minimum Gasteiger partial charge on any atom is -0.496 e. The van der Waals surface area contributed by atoms with Gasteiger partial charge < -0.3 is 15.4 Å².